The molecule has 214 valence electrons. The van der Waals surface area contributed by atoms with E-state index in [0.29, 0.717) is 23.7 Å². The van der Waals surface area contributed by atoms with Crippen LogP contribution in [0.1, 0.15) is 145 Å². The SMILES string of the molecule is CC(C)(C)CCCCCC(=O)[O][Sn]([CH3])([CH3])[O]C(=O)CCCCCC(C)(C)C.CCC[CH2][Sn][CH2]CCC. The van der Waals surface area contributed by atoms with Crippen LogP contribution >= 0.6 is 0 Å². The first-order valence-electron chi connectivity index (χ1n) is 14.8. The Balaban J connectivity index is 0. The summed E-state index contributed by atoms with van der Waals surface area (Å²) in [4.78, 5) is 27.7. The van der Waals surface area contributed by atoms with E-state index in [1.807, 2.05) is 9.88 Å². The van der Waals surface area contributed by atoms with Gasteiger partial charge in [0, 0.05) is 0 Å². The standard InChI is InChI=1S/2C10H20O2.2C4H9.2CH3.2Sn/c2*1-10(2,3)8-6-4-5-7-9(11)12;2*1-3-4-2;;;;/h2*4-8H2,1-3H3,(H,11,12);2*1,3-4H2,2H3;2*1H3;;/q;;;;;;;+2/p-2. The number of rotatable bonds is 18. The van der Waals surface area contributed by atoms with Crippen LogP contribution in [0.25, 0.3) is 0 Å². The fourth-order valence-corrected chi connectivity index (χ4v) is 11.6. The summed E-state index contributed by atoms with van der Waals surface area (Å²) in [6.07, 6.45) is 15.1. The number of hydrogen-bond donors (Lipinski definition) is 0. The molecule has 2 radical (unpaired) electrons. The third kappa shape index (κ3) is 32.6. The Morgan fingerprint density at radius 3 is 1.28 bits per heavy atom. The van der Waals surface area contributed by atoms with Gasteiger partial charge in [-0.3, -0.25) is 0 Å². The molecule has 4 nitrogen and oxygen atoms in total. The van der Waals surface area contributed by atoms with E-state index in [1.54, 1.807) is 8.87 Å². The fourth-order valence-electron chi connectivity index (χ4n) is 3.60. The molecule has 6 heteroatoms. The monoisotopic (exact) mass is 726 g/mol. The maximum atomic E-state index is 12.0. The van der Waals surface area contributed by atoms with Gasteiger partial charge < -0.3 is 0 Å². The van der Waals surface area contributed by atoms with Crippen molar-refractivity contribution in [2.45, 2.75) is 164 Å². The van der Waals surface area contributed by atoms with Crippen molar-refractivity contribution in [1.29, 1.82) is 0 Å². The fraction of sp³-hybridized carbons (Fsp3) is 0.933. The van der Waals surface area contributed by atoms with Crippen LogP contribution in [0.5, 0.6) is 0 Å². The molecule has 0 aliphatic carbocycles. The number of unbranched alkanes of at least 4 members (excludes halogenated alkanes) is 6. The Morgan fingerprint density at radius 1 is 0.611 bits per heavy atom. The van der Waals surface area contributed by atoms with Gasteiger partial charge in [0.05, 0.1) is 0 Å². The van der Waals surface area contributed by atoms with Gasteiger partial charge in [0.25, 0.3) is 0 Å². The first-order chi connectivity index (χ1) is 16.6. The van der Waals surface area contributed by atoms with Gasteiger partial charge in [0.2, 0.25) is 0 Å². The van der Waals surface area contributed by atoms with Crippen molar-refractivity contribution in [3.05, 3.63) is 0 Å². The third-order valence-electron chi connectivity index (χ3n) is 5.75. The molecule has 0 aromatic rings. The van der Waals surface area contributed by atoms with E-state index in [9.17, 15) is 9.59 Å². The third-order valence-corrected chi connectivity index (χ3v) is 13.9. The second-order valence-corrected chi connectivity index (χ2v) is 26.5. The Morgan fingerprint density at radius 2 is 0.972 bits per heavy atom. The molecule has 0 aromatic heterocycles. The molecule has 0 fully saturated rings. The van der Waals surface area contributed by atoms with Gasteiger partial charge in [-0.1, -0.05) is 0 Å². The Kier molecular flexibility index (Phi) is 24.0. The molecule has 0 spiro atoms. The average molecular weight is 724 g/mol. The topological polar surface area (TPSA) is 52.6 Å². The van der Waals surface area contributed by atoms with Crippen LogP contribution in [-0.4, -0.2) is 52.3 Å². The average Bonchev–Trinajstić information content (AvgIpc) is 2.71. The van der Waals surface area contributed by atoms with E-state index >= 15 is 0 Å². The first kappa shape index (κ1) is 38.7. The van der Waals surface area contributed by atoms with Gasteiger partial charge in [-0.25, -0.2) is 0 Å². The minimum absolute atomic E-state index is 0.149. The van der Waals surface area contributed by atoms with Gasteiger partial charge in [0.1, 0.15) is 0 Å². The summed E-state index contributed by atoms with van der Waals surface area (Å²) < 4.78 is 14.4. The predicted octanol–water partition coefficient (Wildman–Crippen LogP) is 9.90. The van der Waals surface area contributed by atoms with Crippen LogP contribution in [0, 0.1) is 10.8 Å². The number of carbonyl (C=O) groups excluding carboxylic acids is 2. The van der Waals surface area contributed by atoms with Crippen LogP contribution < -0.4 is 0 Å². The van der Waals surface area contributed by atoms with Gasteiger partial charge >= 0.3 is 243 Å². The van der Waals surface area contributed by atoms with Crippen LogP contribution in [0.2, 0.25) is 18.8 Å². The molecular formula is C30H62O4Sn2. The molecule has 0 saturated carbocycles. The molecular weight excluding hydrogens is 662 g/mol. The number of hydrogen-bond acceptors (Lipinski definition) is 4. The van der Waals surface area contributed by atoms with Crippen molar-refractivity contribution in [3.8, 4) is 0 Å². The predicted molar refractivity (Wildman–Crippen MR) is 160 cm³/mol. The zero-order valence-electron chi connectivity index (χ0n) is 25.9. The Hall–Kier alpha value is 0.537. The van der Waals surface area contributed by atoms with Crippen molar-refractivity contribution < 1.29 is 15.7 Å². The molecule has 0 N–H and O–H groups in total. The quantitative estimate of drug-likeness (QED) is 0.104. The van der Waals surface area contributed by atoms with E-state index < -0.39 is 19.2 Å². The van der Waals surface area contributed by atoms with Crippen molar-refractivity contribution in [3.63, 3.8) is 0 Å². The summed E-state index contributed by atoms with van der Waals surface area (Å²) >= 11 is -3.36. The summed E-state index contributed by atoms with van der Waals surface area (Å²) in [5.41, 5.74) is 0.694. The van der Waals surface area contributed by atoms with Crippen molar-refractivity contribution in [2.24, 2.45) is 10.8 Å². The first-order valence-corrected chi connectivity index (χ1v) is 26.8. The Labute approximate surface area is 241 Å². The zero-order chi connectivity index (χ0) is 28.1. The molecule has 0 unspecified atom stereocenters. The summed E-state index contributed by atoms with van der Waals surface area (Å²) in [5, 5.41) is 0. The zero-order valence-corrected chi connectivity index (χ0v) is 31.7. The second-order valence-electron chi connectivity index (χ2n) is 13.0. The van der Waals surface area contributed by atoms with Crippen molar-refractivity contribution >= 4 is 52.3 Å². The molecule has 0 heterocycles. The second kappa shape index (κ2) is 22.4. The van der Waals surface area contributed by atoms with Crippen LogP contribution in [0.3, 0.4) is 0 Å². The van der Waals surface area contributed by atoms with E-state index in [1.165, 1.54) is 38.5 Å². The van der Waals surface area contributed by atoms with Gasteiger partial charge in [-0.2, -0.15) is 0 Å². The molecule has 0 amide bonds. The Bertz CT molecular complexity index is 502. The molecule has 0 atom stereocenters. The van der Waals surface area contributed by atoms with Gasteiger partial charge in [0.15, 0.2) is 0 Å². The number of carbonyl (C=O) groups is 2. The summed E-state index contributed by atoms with van der Waals surface area (Å²) in [5.74, 6) is -0.408. The molecule has 0 aliphatic heterocycles. The molecule has 0 rings (SSSR count). The van der Waals surface area contributed by atoms with Crippen molar-refractivity contribution in [1.82, 2.24) is 0 Å². The minimum atomic E-state index is -3.51. The maximum absolute atomic E-state index is 12.0. The van der Waals surface area contributed by atoms with Crippen LogP contribution in [0.15, 0.2) is 0 Å². The molecule has 0 aliphatic rings. The van der Waals surface area contributed by atoms with E-state index in [0.717, 1.165) is 38.5 Å². The summed E-state index contributed by atoms with van der Waals surface area (Å²) in [6, 6.07) is 0. The van der Waals surface area contributed by atoms with Crippen LogP contribution in [0.4, 0.5) is 0 Å². The molecule has 0 saturated heterocycles. The summed E-state index contributed by atoms with van der Waals surface area (Å²) in [6.45, 7) is 18.0. The van der Waals surface area contributed by atoms with E-state index in [4.69, 9.17) is 6.15 Å². The molecule has 0 bridgehead atoms. The molecule has 0 aromatic carbocycles. The normalized spacial score (nSPS) is 12.1. The van der Waals surface area contributed by atoms with Crippen LogP contribution in [-0.2, 0) is 15.7 Å². The molecule has 36 heavy (non-hydrogen) atoms. The van der Waals surface area contributed by atoms with Crippen molar-refractivity contribution in [2.75, 3.05) is 0 Å². The van der Waals surface area contributed by atoms with Gasteiger partial charge in [-0.05, 0) is 0 Å². The van der Waals surface area contributed by atoms with Gasteiger partial charge in [-0.15, -0.1) is 0 Å². The van der Waals surface area contributed by atoms with E-state index in [2.05, 4.69) is 55.4 Å². The summed E-state index contributed by atoms with van der Waals surface area (Å²) in [7, 11) is 0. The van der Waals surface area contributed by atoms with E-state index in [-0.39, 0.29) is 33.1 Å².